The van der Waals surface area contributed by atoms with Gasteiger partial charge in [-0.3, -0.25) is 9.59 Å². The van der Waals surface area contributed by atoms with Crippen LogP contribution in [0.1, 0.15) is 20.8 Å². The van der Waals surface area contributed by atoms with Gasteiger partial charge in [-0.2, -0.15) is 0 Å². The maximum absolute atomic E-state index is 12.0. The van der Waals surface area contributed by atoms with Gasteiger partial charge in [0.15, 0.2) is 0 Å². The fourth-order valence-electron chi connectivity index (χ4n) is 1.90. The van der Waals surface area contributed by atoms with Crippen molar-refractivity contribution in [3.05, 3.63) is 35.5 Å². The molecule has 6 heteroatoms. The highest BCUT2D eigenvalue weighted by atomic mass is 16.2. The van der Waals surface area contributed by atoms with Crippen molar-refractivity contribution < 1.29 is 9.59 Å². The SMILES string of the molecule is CNCCNC(=O)c1[nH]c2c[c]ccc2c1C(N)=O. The Kier molecular flexibility index (Phi) is 3.82. The summed E-state index contributed by atoms with van der Waals surface area (Å²) in [5.41, 5.74) is 6.42. The first-order valence-electron chi connectivity index (χ1n) is 5.89. The number of benzene rings is 1. The van der Waals surface area contributed by atoms with E-state index in [9.17, 15) is 9.59 Å². The second-order valence-corrected chi connectivity index (χ2v) is 4.07. The van der Waals surface area contributed by atoms with E-state index < -0.39 is 5.91 Å². The topological polar surface area (TPSA) is 100 Å². The molecule has 0 fully saturated rings. The minimum absolute atomic E-state index is 0.193. The van der Waals surface area contributed by atoms with E-state index in [1.54, 1.807) is 25.2 Å². The lowest BCUT2D eigenvalue weighted by Gasteiger charge is -2.04. The summed E-state index contributed by atoms with van der Waals surface area (Å²) in [6, 6.07) is 7.93. The first-order valence-corrected chi connectivity index (χ1v) is 5.89. The Bertz CT molecular complexity index is 618. The average molecular weight is 259 g/mol. The van der Waals surface area contributed by atoms with Crippen molar-refractivity contribution >= 4 is 22.7 Å². The van der Waals surface area contributed by atoms with Crippen LogP contribution in [0.5, 0.6) is 0 Å². The Labute approximate surface area is 110 Å². The molecule has 0 aliphatic carbocycles. The van der Waals surface area contributed by atoms with E-state index in [4.69, 9.17) is 5.73 Å². The third kappa shape index (κ3) is 2.58. The highest BCUT2D eigenvalue weighted by Gasteiger charge is 2.20. The maximum Gasteiger partial charge on any atom is 0.268 e. The second kappa shape index (κ2) is 5.53. The smallest absolute Gasteiger partial charge is 0.268 e. The lowest BCUT2D eigenvalue weighted by Crippen LogP contribution is -2.32. The lowest BCUT2D eigenvalue weighted by molar-refractivity contribution is 0.0933. The first kappa shape index (κ1) is 13.1. The van der Waals surface area contributed by atoms with Gasteiger partial charge in [0, 0.05) is 24.0 Å². The summed E-state index contributed by atoms with van der Waals surface area (Å²) in [5, 5.41) is 6.25. The number of carbonyl (C=O) groups excluding carboxylic acids is 2. The molecule has 99 valence electrons. The van der Waals surface area contributed by atoms with Gasteiger partial charge in [-0.05, 0) is 19.2 Å². The molecule has 6 nitrogen and oxygen atoms in total. The molecule has 1 radical (unpaired) electrons. The Hall–Kier alpha value is -2.34. The monoisotopic (exact) mass is 259 g/mol. The van der Waals surface area contributed by atoms with E-state index in [1.165, 1.54) is 0 Å². The van der Waals surface area contributed by atoms with Crippen molar-refractivity contribution in [2.75, 3.05) is 20.1 Å². The summed E-state index contributed by atoms with van der Waals surface area (Å²) in [7, 11) is 1.79. The Morgan fingerprint density at radius 2 is 2.21 bits per heavy atom. The summed E-state index contributed by atoms with van der Waals surface area (Å²) in [4.78, 5) is 26.5. The number of rotatable bonds is 5. The number of carbonyl (C=O) groups is 2. The molecule has 0 atom stereocenters. The molecule has 19 heavy (non-hydrogen) atoms. The molecule has 0 aliphatic heterocycles. The van der Waals surface area contributed by atoms with Crippen LogP contribution in [0.3, 0.4) is 0 Å². The lowest BCUT2D eigenvalue weighted by atomic mass is 10.1. The highest BCUT2D eigenvalue weighted by Crippen LogP contribution is 2.21. The van der Waals surface area contributed by atoms with E-state index in [0.29, 0.717) is 24.0 Å². The van der Waals surface area contributed by atoms with Crippen molar-refractivity contribution in [3.63, 3.8) is 0 Å². The van der Waals surface area contributed by atoms with Gasteiger partial charge in [0.1, 0.15) is 5.69 Å². The van der Waals surface area contributed by atoms with E-state index in [0.717, 1.165) is 0 Å². The number of primary amides is 1. The van der Waals surface area contributed by atoms with E-state index >= 15 is 0 Å². The fraction of sp³-hybridized carbons (Fsp3) is 0.231. The third-order valence-electron chi connectivity index (χ3n) is 2.78. The fourth-order valence-corrected chi connectivity index (χ4v) is 1.90. The minimum atomic E-state index is -0.629. The molecule has 5 N–H and O–H groups in total. The first-order chi connectivity index (χ1) is 9.15. The molecular formula is C13H15N4O2. The van der Waals surface area contributed by atoms with Crippen LogP contribution in [0, 0.1) is 6.07 Å². The van der Waals surface area contributed by atoms with Gasteiger partial charge in [0.25, 0.3) is 11.8 Å². The summed E-state index contributed by atoms with van der Waals surface area (Å²) in [6.45, 7) is 1.11. The number of hydrogen-bond acceptors (Lipinski definition) is 3. The van der Waals surface area contributed by atoms with Crippen LogP contribution >= 0.6 is 0 Å². The third-order valence-corrected chi connectivity index (χ3v) is 2.78. The summed E-state index contributed by atoms with van der Waals surface area (Å²) in [5.74, 6) is -0.975. The van der Waals surface area contributed by atoms with Crippen LogP contribution < -0.4 is 16.4 Å². The number of nitrogens with one attached hydrogen (secondary N) is 3. The quantitative estimate of drug-likeness (QED) is 0.569. The normalized spacial score (nSPS) is 10.6. The zero-order chi connectivity index (χ0) is 13.8. The number of H-pyrrole nitrogens is 1. The Balaban J connectivity index is 2.39. The number of likely N-dealkylation sites (N-methyl/N-ethyl adjacent to an activating group) is 1. The molecule has 0 unspecified atom stereocenters. The number of hydrogen-bond donors (Lipinski definition) is 4. The van der Waals surface area contributed by atoms with Gasteiger partial charge in [0.2, 0.25) is 0 Å². The molecule has 0 spiro atoms. The molecule has 2 aromatic rings. The summed E-state index contributed by atoms with van der Waals surface area (Å²) < 4.78 is 0. The van der Waals surface area contributed by atoms with E-state index in [2.05, 4.69) is 21.7 Å². The molecule has 0 aliphatic rings. The Morgan fingerprint density at radius 1 is 1.42 bits per heavy atom. The molecule has 0 bridgehead atoms. The van der Waals surface area contributed by atoms with Crippen molar-refractivity contribution in [3.8, 4) is 0 Å². The predicted molar refractivity (Wildman–Crippen MR) is 71.9 cm³/mol. The largest absolute Gasteiger partial charge is 0.366 e. The van der Waals surface area contributed by atoms with Crippen LogP contribution in [0.4, 0.5) is 0 Å². The maximum atomic E-state index is 12.0. The van der Waals surface area contributed by atoms with Crippen LogP contribution in [0.15, 0.2) is 18.2 Å². The van der Waals surface area contributed by atoms with Crippen molar-refractivity contribution in [2.24, 2.45) is 5.73 Å². The number of aromatic nitrogens is 1. The van der Waals surface area contributed by atoms with Crippen LogP contribution in [0.2, 0.25) is 0 Å². The molecule has 2 rings (SSSR count). The van der Waals surface area contributed by atoms with Gasteiger partial charge in [-0.1, -0.05) is 12.1 Å². The standard InChI is InChI=1S/C13H15N4O2/c1-15-6-7-16-13(19)11-10(12(14)18)8-4-2-3-5-9(8)17-11/h2,4-5,15,17H,6-7H2,1H3,(H2,14,18)(H,16,19). The van der Waals surface area contributed by atoms with Crippen LogP contribution in [-0.2, 0) is 0 Å². The van der Waals surface area contributed by atoms with Gasteiger partial charge in [-0.15, -0.1) is 0 Å². The highest BCUT2D eigenvalue weighted by molar-refractivity contribution is 6.14. The van der Waals surface area contributed by atoms with Gasteiger partial charge < -0.3 is 21.4 Å². The van der Waals surface area contributed by atoms with Gasteiger partial charge >= 0.3 is 0 Å². The molecular weight excluding hydrogens is 244 g/mol. The molecule has 0 saturated carbocycles. The van der Waals surface area contributed by atoms with Gasteiger partial charge in [0.05, 0.1) is 5.56 Å². The number of amides is 2. The zero-order valence-corrected chi connectivity index (χ0v) is 10.5. The van der Waals surface area contributed by atoms with E-state index in [1.807, 2.05) is 0 Å². The molecule has 0 saturated heterocycles. The molecule has 1 aromatic carbocycles. The second-order valence-electron chi connectivity index (χ2n) is 4.07. The zero-order valence-electron chi connectivity index (χ0n) is 10.5. The van der Waals surface area contributed by atoms with Crippen molar-refractivity contribution in [2.45, 2.75) is 0 Å². The number of nitrogens with two attached hydrogens (primary N) is 1. The number of aromatic amines is 1. The molecule has 1 aromatic heterocycles. The Morgan fingerprint density at radius 3 is 2.89 bits per heavy atom. The van der Waals surface area contributed by atoms with Crippen molar-refractivity contribution in [1.29, 1.82) is 0 Å². The van der Waals surface area contributed by atoms with E-state index in [-0.39, 0.29) is 17.2 Å². The molecule has 1 heterocycles. The van der Waals surface area contributed by atoms with Crippen LogP contribution in [0.25, 0.3) is 10.9 Å². The van der Waals surface area contributed by atoms with Gasteiger partial charge in [-0.25, -0.2) is 0 Å². The molecule has 2 amide bonds. The minimum Gasteiger partial charge on any atom is -0.366 e. The number of fused-ring (bicyclic) bond motifs is 1. The van der Waals surface area contributed by atoms with Crippen LogP contribution in [-0.4, -0.2) is 36.9 Å². The van der Waals surface area contributed by atoms with Crippen molar-refractivity contribution in [1.82, 2.24) is 15.6 Å². The summed E-state index contributed by atoms with van der Waals surface area (Å²) >= 11 is 0. The predicted octanol–water partition coefficient (Wildman–Crippen LogP) is 0.0162. The average Bonchev–Trinajstić information content (AvgIpc) is 2.78. The summed E-state index contributed by atoms with van der Waals surface area (Å²) in [6.07, 6.45) is 0.